The van der Waals surface area contributed by atoms with E-state index in [2.05, 4.69) is 9.72 Å². The van der Waals surface area contributed by atoms with Crippen LogP contribution in [0.5, 0.6) is 0 Å². The quantitative estimate of drug-likeness (QED) is 0.478. The molecule has 0 aromatic carbocycles. The Labute approximate surface area is 92.6 Å². The lowest BCUT2D eigenvalue weighted by molar-refractivity contribution is 0.0599. The van der Waals surface area contributed by atoms with Crippen LogP contribution in [0.15, 0.2) is 12.3 Å². The molecular formula is C8H6F2INO2. The molecule has 0 amide bonds. The number of carbonyl (C=O) groups excluding carboxylic acids is 1. The van der Waals surface area contributed by atoms with Crippen molar-refractivity contribution in [1.82, 2.24) is 4.98 Å². The molecule has 1 heterocycles. The lowest BCUT2D eigenvalue weighted by Crippen LogP contribution is -2.04. The molecular weight excluding hydrogens is 307 g/mol. The molecule has 0 aliphatic heterocycles. The molecule has 1 rings (SSSR count). The molecule has 0 spiro atoms. The van der Waals surface area contributed by atoms with Gasteiger partial charge < -0.3 is 4.74 Å². The maximum Gasteiger partial charge on any atom is 0.339 e. The highest BCUT2D eigenvalue weighted by molar-refractivity contribution is 14.1. The van der Waals surface area contributed by atoms with Gasteiger partial charge in [-0.1, -0.05) is 0 Å². The molecule has 0 saturated carbocycles. The number of carbonyl (C=O) groups is 1. The number of aromatic nitrogens is 1. The van der Waals surface area contributed by atoms with Gasteiger partial charge in [0, 0.05) is 6.20 Å². The monoisotopic (exact) mass is 313 g/mol. The zero-order valence-corrected chi connectivity index (χ0v) is 9.29. The number of alkyl halides is 2. The fourth-order valence-corrected chi connectivity index (χ4v) is 1.38. The lowest BCUT2D eigenvalue weighted by atomic mass is 10.2. The predicted octanol–water partition coefficient (Wildman–Crippen LogP) is 2.41. The third-order valence-electron chi connectivity index (χ3n) is 1.52. The van der Waals surface area contributed by atoms with Gasteiger partial charge in [0.05, 0.1) is 18.2 Å². The largest absolute Gasteiger partial charge is 0.465 e. The van der Waals surface area contributed by atoms with E-state index in [1.54, 1.807) is 22.6 Å². The Morgan fingerprint density at radius 1 is 1.64 bits per heavy atom. The molecule has 14 heavy (non-hydrogen) atoms. The fourth-order valence-electron chi connectivity index (χ4n) is 0.848. The van der Waals surface area contributed by atoms with Gasteiger partial charge in [0.1, 0.15) is 3.70 Å². The third kappa shape index (κ3) is 2.37. The van der Waals surface area contributed by atoms with E-state index in [0.717, 1.165) is 6.07 Å². The number of ether oxygens (including phenoxy) is 1. The summed E-state index contributed by atoms with van der Waals surface area (Å²) in [5, 5.41) is 0. The van der Waals surface area contributed by atoms with Crippen LogP contribution in [0.2, 0.25) is 0 Å². The second kappa shape index (κ2) is 4.63. The third-order valence-corrected chi connectivity index (χ3v) is 2.42. The van der Waals surface area contributed by atoms with E-state index in [0.29, 0.717) is 0 Å². The molecule has 6 heteroatoms. The van der Waals surface area contributed by atoms with Gasteiger partial charge in [-0.15, -0.1) is 0 Å². The van der Waals surface area contributed by atoms with Crippen LogP contribution in [-0.4, -0.2) is 18.1 Å². The van der Waals surface area contributed by atoms with Crippen LogP contribution >= 0.6 is 22.6 Å². The Kier molecular flexibility index (Phi) is 3.73. The topological polar surface area (TPSA) is 39.2 Å². The first-order valence-electron chi connectivity index (χ1n) is 3.58. The Hall–Kier alpha value is -0.790. The van der Waals surface area contributed by atoms with Crippen molar-refractivity contribution in [2.24, 2.45) is 0 Å². The van der Waals surface area contributed by atoms with E-state index < -0.39 is 12.4 Å². The maximum absolute atomic E-state index is 12.4. The Morgan fingerprint density at radius 3 is 2.79 bits per heavy atom. The van der Waals surface area contributed by atoms with Gasteiger partial charge in [-0.2, -0.15) is 0 Å². The van der Waals surface area contributed by atoms with E-state index in [9.17, 15) is 13.6 Å². The molecule has 0 unspecified atom stereocenters. The molecule has 0 fully saturated rings. The minimum absolute atomic E-state index is 0.0308. The summed E-state index contributed by atoms with van der Waals surface area (Å²) >= 11 is 1.68. The zero-order valence-electron chi connectivity index (χ0n) is 7.13. The highest BCUT2D eigenvalue weighted by Crippen LogP contribution is 2.23. The Morgan fingerprint density at radius 2 is 2.29 bits per heavy atom. The minimum Gasteiger partial charge on any atom is -0.465 e. The van der Waals surface area contributed by atoms with Gasteiger partial charge in [0.25, 0.3) is 6.43 Å². The van der Waals surface area contributed by atoms with Crippen molar-refractivity contribution >= 4 is 28.6 Å². The summed E-state index contributed by atoms with van der Waals surface area (Å²) in [5.41, 5.74) is -0.225. The molecule has 0 bridgehead atoms. The number of nitrogens with zero attached hydrogens (tertiary/aromatic N) is 1. The smallest absolute Gasteiger partial charge is 0.339 e. The molecule has 76 valence electrons. The van der Waals surface area contributed by atoms with Gasteiger partial charge in [-0.05, 0) is 28.7 Å². The predicted molar refractivity (Wildman–Crippen MR) is 53.3 cm³/mol. The van der Waals surface area contributed by atoms with Crippen molar-refractivity contribution in [1.29, 1.82) is 0 Å². The van der Waals surface area contributed by atoms with Crippen molar-refractivity contribution in [2.45, 2.75) is 6.43 Å². The van der Waals surface area contributed by atoms with Gasteiger partial charge in [0.2, 0.25) is 0 Å². The molecule has 1 aromatic heterocycles. The molecule has 0 N–H and O–H groups in total. The summed E-state index contributed by atoms with van der Waals surface area (Å²) in [4.78, 5) is 14.7. The molecule has 3 nitrogen and oxygen atoms in total. The number of rotatable bonds is 2. The second-order valence-corrected chi connectivity index (χ2v) is 3.42. The number of methoxy groups -OCH3 is 1. The summed E-state index contributed by atoms with van der Waals surface area (Å²) in [6, 6.07) is 1.09. The molecule has 1 aromatic rings. The van der Waals surface area contributed by atoms with E-state index in [4.69, 9.17) is 0 Å². The fraction of sp³-hybridized carbons (Fsp3) is 0.250. The van der Waals surface area contributed by atoms with Gasteiger partial charge >= 0.3 is 5.97 Å². The van der Waals surface area contributed by atoms with Crippen LogP contribution in [0.4, 0.5) is 8.78 Å². The standard InChI is InChI=1S/C8H6F2INO2/c1-14-8(13)4-2-5(6(9)10)7(11)12-3-4/h2-3,6H,1H3. The average Bonchev–Trinajstić information content (AvgIpc) is 2.17. The average molecular weight is 313 g/mol. The van der Waals surface area contributed by atoms with Crippen LogP contribution in [0.1, 0.15) is 22.3 Å². The molecule has 0 atom stereocenters. The van der Waals surface area contributed by atoms with Gasteiger partial charge in [0.15, 0.2) is 0 Å². The highest BCUT2D eigenvalue weighted by Gasteiger charge is 2.16. The van der Waals surface area contributed by atoms with Crippen LogP contribution in [0.25, 0.3) is 0 Å². The SMILES string of the molecule is COC(=O)c1cnc(I)c(C(F)F)c1. The normalized spacial score (nSPS) is 10.4. The molecule has 0 aliphatic rings. The number of esters is 1. The Bertz CT molecular complexity index is 357. The summed E-state index contributed by atoms with van der Waals surface area (Å²) in [7, 11) is 1.18. The van der Waals surface area contributed by atoms with Crippen molar-refractivity contribution < 1.29 is 18.3 Å². The molecule has 0 aliphatic carbocycles. The van der Waals surface area contributed by atoms with Crippen molar-refractivity contribution in [3.8, 4) is 0 Å². The Balaban J connectivity index is 3.13. The summed E-state index contributed by atoms with van der Waals surface area (Å²) < 4.78 is 29.3. The van der Waals surface area contributed by atoms with E-state index in [1.165, 1.54) is 13.3 Å². The van der Waals surface area contributed by atoms with Gasteiger partial charge in [-0.25, -0.2) is 18.6 Å². The molecule has 0 saturated heterocycles. The summed E-state index contributed by atoms with van der Waals surface area (Å²) in [6.45, 7) is 0. The maximum atomic E-state index is 12.4. The van der Waals surface area contributed by atoms with Crippen LogP contribution < -0.4 is 0 Å². The van der Waals surface area contributed by atoms with Crippen molar-refractivity contribution in [3.63, 3.8) is 0 Å². The van der Waals surface area contributed by atoms with E-state index >= 15 is 0 Å². The first-order chi connectivity index (χ1) is 6.56. The molecule has 0 radical (unpaired) electrons. The minimum atomic E-state index is -2.64. The highest BCUT2D eigenvalue weighted by atomic mass is 127. The second-order valence-electron chi connectivity index (χ2n) is 2.40. The van der Waals surface area contributed by atoms with E-state index in [1.807, 2.05) is 0 Å². The number of hydrogen-bond donors (Lipinski definition) is 0. The van der Waals surface area contributed by atoms with Crippen molar-refractivity contribution in [3.05, 3.63) is 27.1 Å². The van der Waals surface area contributed by atoms with Crippen LogP contribution in [0.3, 0.4) is 0 Å². The first kappa shape index (κ1) is 11.3. The summed E-state index contributed by atoms with van der Waals surface area (Å²) in [6.07, 6.45) is -1.43. The first-order valence-corrected chi connectivity index (χ1v) is 4.66. The van der Waals surface area contributed by atoms with E-state index in [-0.39, 0.29) is 14.8 Å². The zero-order chi connectivity index (χ0) is 10.7. The number of halogens is 3. The van der Waals surface area contributed by atoms with Crippen LogP contribution in [0, 0.1) is 3.70 Å². The lowest BCUT2D eigenvalue weighted by Gasteiger charge is -2.04. The summed E-state index contributed by atoms with van der Waals surface area (Å²) in [5.74, 6) is -0.671. The van der Waals surface area contributed by atoms with Gasteiger partial charge in [-0.3, -0.25) is 0 Å². The number of pyridine rings is 1. The van der Waals surface area contributed by atoms with Crippen LogP contribution in [-0.2, 0) is 4.74 Å². The van der Waals surface area contributed by atoms with Crippen molar-refractivity contribution in [2.75, 3.05) is 7.11 Å². The number of hydrogen-bond acceptors (Lipinski definition) is 3.